The number of thiocarbonyl (C=S) groups is 1. The Balaban J connectivity index is 1.85. The fourth-order valence-corrected chi connectivity index (χ4v) is 3.17. The third kappa shape index (κ3) is 2.91. The van der Waals surface area contributed by atoms with E-state index < -0.39 is 0 Å². The molecule has 0 saturated carbocycles. The Hall–Kier alpha value is -1.92. The van der Waals surface area contributed by atoms with E-state index in [0.717, 1.165) is 0 Å². The molecule has 1 amide bonds. The molecule has 2 aromatic rings. The lowest BCUT2D eigenvalue weighted by Crippen LogP contribution is -2.27. The van der Waals surface area contributed by atoms with Gasteiger partial charge in [-0.2, -0.15) is 0 Å². The zero-order chi connectivity index (χ0) is 14.8. The van der Waals surface area contributed by atoms with E-state index in [0.29, 0.717) is 20.5 Å². The maximum Gasteiger partial charge on any atom is 0.266 e. The molecular formula is C15H10FNO2S2. The van der Waals surface area contributed by atoms with Crippen molar-refractivity contribution >= 4 is 40.3 Å². The van der Waals surface area contributed by atoms with Crippen LogP contribution < -0.4 is 0 Å². The lowest BCUT2D eigenvalue weighted by Gasteiger charge is -2.11. The molecular weight excluding hydrogens is 309 g/mol. The molecule has 0 spiro atoms. The average Bonchev–Trinajstić information content (AvgIpc) is 3.06. The highest BCUT2D eigenvalue weighted by Crippen LogP contribution is 2.33. The van der Waals surface area contributed by atoms with Crippen LogP contribution in [0, 0.1) is 5.82 Å². The van der Waals surface area contributed by atoms with Gasteiger partial charge in [-0.1, -0.05) is 42.2 Å². The Morgan fingerprint density at radius 2 is 2.10 bits per heavy atom. The van der Waals surface area contributed by atoms with E-state index >= 15 is 0 Å². The van der Waals surface area contributed by atoms with Crippen molar-refractivity contribution in [1.29, 1.82) is 0 Å². The molecule has 2 heterocycles. The summed E-state index contributed by atoms with van der Waals surface area (Å²) >= 11 is 6.38. The largest absolute Gasteiger partial charge is 0.467 e. The van der Waals surface area contributed by atoms with Gasteiger partial charge in [0.2, 0.25) is 0 Å². The van der Waals surface area contributed by atoms with Gasteiger partial charge < -0.3 is 4.42 Å². The van der Waals surface area contributed by atoms with Crippen LogP contribution in [0.15, 0.2) is 52.0 Å². The maximum absolute atomic E-state index is 13.6. The van der Waals surface area contributed by atoms with E-state index in [1.807, 2.05) is 0 Å². The normalized spacial score (nSPS) is 17.0. The summed E-state index contributed by atoms with van der Waals surface area (Å²) in [6.07, 6.45) is 3.07. The summed E-state index contributed by atoms with van der Waals surface area (Å²) in [6.45, 7) is 0.284. The van der Waals surface area contributed by atoms with Gasteiger partial charge in [0, 0.05) is 5.56 Å². The highest BCUT2D eigenvalue weighted by atomic mass is 32.2. The summed E-state index contributed by atoms with van der Waals surface area (Å²) in [5.41, 5.74) is 0.371. The van der Waals surface area contributed by atoms with Crippen LogP contribution in [0.4, 0.5) is 4.39 Å². The number of halogens is 1. The molecule has 0 atom stereocenters. The summed E-state index contributed by atoms with van der Waals surface area (Å²) in [7, 11) is 0. The van der Waals surface area contributed by atoms with Crippen LogP contribution >= 0.6 is 24.0 Å². The van der Waals surface area contributed by atoms with Gasteiger partial charge >= 0.3 is 0 Å². The second kappa shape index (κ2) is 5.83. The summed E-state index contributed by atoms with van der Waals surface area (Å²) < 4.78 is 19.3. The lowest BCUT2D eigenvalue weighted by atomic mass is 10.2. The van der Waals surface area contributed by atoms with E-state index in [2.05, 4.69) is 0 Å². The van der Waals surface area contributed by atoms with Crippen molar-refractivity contribution in [1.82, 2.24) is 4.90 Å². The third-order valence-corrected chi connectivity index (χ3v) is 4.34. The van der Waals surface area contributed by atoms with Gasteiger partial charge in [-0.05, 0) is 24.3 Å². The first-order valence-corrected chi connectivity index (χ1v) is 7.40. The van der Waals surface area contributed by atoms with Crippen LogP contribution in [0.2, 0.25) is 0 Å². The minimum Gasteiger partial charge on any atom is -0.467 e. The lowest BCUT2D eigenvalue weighted by molar-refractivity contribution is -0.122. The molecule has 3 rings (SSSR count). The van der Waals surface area contributed by atoms with Gasteiger partial charge in [-0.25, -0.2) is 4.39 Å². The van der Waals surface area contributed by atoms with Crippen LogP contribution in [-0.2, 0) is 11.3 Å². The number of carbonyl (C=O) groups excluding carboxylic acids is 1. The van der Waals surface area contributed by atoms with E-state index in [1.165, 1.54) is 28.8 Å². The summed E-state index contributed by atoms with van der Waals surface area (Å²) in [6, 6.07) is 9.83. The number of carbonyl (C=O) groups is 1. The minimum absolute atomic E-state index is 0.232. The number of furan rings is 1. The summed E-state index contributed by atoms with van der Waals surface area (Å²) in [5, 5.41) is 0. The number of thioether (sulfide) groups is 1. The van der Waals surface area contributed by atoms with Gasteiger partial charge in [-0.3, -0.25) is 9.69 Å². The SMILES string of the molecule is O=C1/C(=C/c2ccccc2F)SC(=S)N1Cc1ccco1. The molecule has 1 aliphatic heterocycles. The first-order chi connectivity index (χ1) is 10.1. The van der Waals surface area contributed by atoms with Gasteiger partial charge in [-0.15, -0.1) is 0 Å². The van der Waals surface area contributed by atoms with Crippen molar-refractivity contribution in [3.05, 3.63) is 64.7 Å². The average molecular weight is 319 g/mol. The van der Waals surface area contributed by atoms with Crippen LogP contribution in [0.25, 0.3) is 6.08 Å². The number of amides is 1. The molecule has 6 heteroatoms. The van der Waals surface area contributed by atoms with E-state index in [9.17, 15) is 9.18 Å². The van der Waals surface area contributed by atoms with E-state index in [4.69, 9.17) is 16.6 Å². The molecule has 1 fully saturated rings. The molecule has 21 heavy (non-hydrogen) atoms. The maximum atomic E-state index is 13.6. The highest BCUT2D eigenvalue weighted by molar-refractivity contribution is 8.26. The van der Waals surface area contributed by atoms with Crippen molar-refractivity contribution < 1.29 is 13.6 Å². The van der Waals surface area contributed by atoms with Gasteiger partial charge in [0.15, 0.2) is 0 Å². The molecule has 106 valence electrons. The van der Waals surface area contributed by atoms with Crippen molar-refractivity contribution in [3.63, 3.8) is 0 Å². The monoisotopic (exact) mass is 319 g/mol. The standard InChI is InChI=1S/C15H10FNO2S2/c16-12-6-2-1-4-10(12)8-13-14(18)17(15(20)21-13)9-11-5-3-7-19-11/h1-8H,9H2/b13-8-. The Bertz CT molecular complexity index is 725. The Morgan fingerprint density at radius 3 is 2.81 bits per heavy atom. The van der Waals surface area contributed by atoms with Crippen LogP contribution in [-0.4, -0.2) is 15.1 Å². The molecule has 0 radical (unpaired) electrons. The van der Waals surface area contributed by atoms with Crippen LogP contribution in [0.1, 0.15) is 11.3 Å². The van der Waals surface area contributed by atoms with Crippen molar-refractivity contribution in [3.8, 4) is 0 Å². The number of rotatable bonds is 3. The predicted molar refractivity (Wildman–Crippen MR) is 83.8 cm³/mol. The second-order valence-corrected chi connectivity index (χ2v) is 6.04. The first-order valence-electron chi connectivity index (χ1n) is 6.17. The number of hydrogen-bond donors (Lipinski definition) is 0. The van der Waals surface area contributed by atoms with Crippen molar-refractivity contribution in [2.45, 2.75) is 6.54 Å². The zero-order valence-electron chi connectivity index (χ0n) is 10.8. The second-order valence-electron chi connectivity index (χ2n) is 4.37. The van der Waals surface area contributed by atoms with Gasteiger partial charge in [0.1, 0.15) is 15.9 Å². The zero-order valence-corrected chi connectivity index (χ0v) is 12.4. The fourth-order valence-electron chi connectivity index (χ4n) is 1.93. The number of nitrogens with zero attached hydrogens (tertiary/aromatic N) is 1. The highest BCUT2D eigenvalue weighted by Gasteiger charge is 2.32. The van der Waals surface area contributed by atoms with Crippen molar-refractivity contribution in [2.75, 3.05) is 0 Å². The van der Waals surface area contributed by atoms with E-state index in [1.54, 1.807) is 36.6 Å². The van der Waals surface area contributed by atoms with E-state index in [-0.39, 0.29) is 18.3 Å². The Labute approximate surface area is 130 Å². The topological polar surface area (TPSA) is 33.5 Å². The summed E-state index contributed by atoms with van der Waals surface area (Å²) in [5.74, 6) is 0.0527. The molecule has 1 aromatic carbocycles. The molecule has 1 aromatic heterocycles. The molecule has 3 nitrogen and oxygen atoms in total. The summed E-state index contributed by atoms with van der Waals surface area (Å²) in [4.78, 5) is 14.2. The first kappa shape index (κ1) is 14.0. The third-order valence-electron chi connectivity index (χ3n) is 2.96. The van der Waals surface area contributed by atoms with Gasteiger partial charge in [0.25, 0.3) is 5.91 Å². The van der Waals surface area contributed by atoms with Crippen LogP contribution in [0.5, 0.6) is 0 Å². The Kier molecular flexibility index (Phi) is 3.90. The molecule has 0 aliphatic carbocycles. The number of benzene rings is 1. The molecule has 0 bridgehead atoms. The molecule has 1 saturated heterocycles. The van der Waals surface area contributed by atoms with Gasteiger partial charge in [0.05, 0.1) is 17.7 Å². The molecule has 1 aliphatic rings. The number of hydrogen-bond acceptors (Lipinski definition) is 4. The van der Waals surface area contributed by atoms with Crippen molar-refractivity contribution in [2.24, 2.45) is 0 Å². The smallest absolute Gasteiger partial charge is 0.266 e. The quantitative estimate of drug-likeness (QED) is 0.636. The molecule has 0 N–H and O–H groups in total. The predicted octanol–water partition coefficient (Wildman–Crippen LogP) is 3.82. The van der Waals surface area contributed by atoms with Crippen LogP contribution in [0.3, 0.4) is 0 Å². The minimum atomic E-state index is -0.367. The fraction of sp³-hybridized carbons (Fsp3) is 0.0667. The Morgan fingerprint density at radius 1 is 1.29 bits per heavy atom. The molecule has 0 unspecified atom stereocenters.